The van der Waals surface area contributed by atoms with Crippen molar-refractivity contribution >= 4 is 17.9 Å². The zero-order chi connectivity index (χ0) is 15.5. The molecule has 0 radical (unpaired) electrons. The standard InChI is InChI=1S/C16H30N2O2S/c1-15(2,3)20-14(19)18-8-5-7-16(4,12-18)11-17-13-6-9-21-10-13/h13,17H,5-12H2,1-4H3. The molecule has 2 heterocycles. The van der Waals surface area contributed by atoms with Crippen molar-refractivity contribution in [2.45, 2.75) is 58.6 Å². The van der Waals surface area contributed by atoms with Crippen LogP contribution in [0.25, 0.3) is 0 Å². The number of hydrogen-bond acceptors (Lipinski definition) is 4. The average molecular weight is 314 g/mol. The molecule has 1 amide bonds. The third-order valence-electron chi connectivity index (χ3n) is 4.18. The minimum Gasteiger partial charge on any atom is -0.444 e. The van der Waals surface area contributed by atoms with Crippen molar-refractivity contribution in [3.8, 4) is 0 Å². The Hall–Kier alpha value is -0.420. The molecule has 2 aliphatic rings. The number of rotatable bonds is 3. The maximum atomic E-state index is 12.2. The highest BCUT2D eigenvalue weighted by molar-refractivity contribution is 7.99. The number of hydrogen-bond donors (Lipinski definition) is 1. The van der Waals surface area contributed by atoms with Crippen molar-refractivity contribution in [1.29, 1.82) is 0 Å². The van der Waals surface area contributed by atoms with Crippen molar-refractivity contribution in [2.75, 3.05) is 31.1 Å². The van der Waals surface area contributed by atoms with Crippen LogP contribution in [0.5, 0.6) is 0 Å². The predicted octanol–water partition coefficient (Wildman–Crippen LogP) is 3.12. The zero-order valence-corrected chi connectivity index (χ0v) is 14.7. The Labute approximate surface area is 133 Å². The molecule has 0 bridgehead atoms. The van der Waals surface area contributed by atoms with Gasteiger partial charge in [0.2, 0.25) is 0 Å². The van der Waals surface area contributed by atoms with Crippen LogP contribution in [0.1, 0.15) is 47.0 Å². The van der Waals surface area contributed by atoms with E-state index in [1.165, 1.54) is 24.3 Å². The molecule has 122 valence electrons. The molecule has 2 unspecified atom stereocenters. The fourth-order valence-corrected chi connectivity index (χ4v) is 4.22. The first-order chi connectivity index (χ1) is 9.77. The van der Waals surface area contributed by atoms with E-state index in [0.29, 0.717) is 6.04 Å². The minimum atomic E-state index is -0.412. The van der Waals surface area contributed by atoms with E-state index in [2.05, 4.69) is 12.2 Å². The highest BCUT2D eigenvalue weighted by atomic mass is 32.2. The summed E-state index contributed by atoms with van der Waals surface area (Å²) in [6.45, 7) is 10.7. The quantitative estimate of drug-likeness (QED) is 0.869. The molecular formula is C16H30N2O2S. The number of carbonyl (C=O) groups excluding carboxylic acids is 1. The average Bonchev–Trinajstić information content (AvgIpc) is 2.88. The van der Waals surface area contributed by atoms with Gasteiger partial charge in [-0.25, -0.2) is 4.79 Å². The Morgan fingerprint density at radius 2 is 2.24 bits per heavy atom. The van der Waals surface area contributed by atoms with Gasteiger partial charge < -0.3 is 15.0 Å². The molecule has 4 nitrogen and oxygen atoms in total. The lowest BCUT2D eigenvalue weighted by molar-refractivity contribution is 0.00656. The lowest BCUT2D eigenvalue weighted by Gasteiger charge is -2.41. The Balaban J connectivity index is 1.84. The van der Waals surface area contributed by atoms with Crippen LogP contribution in [0.3, 0.4) is 0 Å². The topological polar surface area (TPSA) is 41.6 Å². The second-order valence-corrected chi connectivity index (χ2v) is 8.91. The van der Waals surface area contributed by atoms with Gasteiger partial charge in [-0.1, -0.05) is 6.92 Å². The summed E-state index contributed by atoms with van der Waals surface area (Å²) in [5.74, 6) is 2.50. The fourth-order valence-electron chi connectivity index (χ4n) is 3.03. The van der Waals surface area contributed by atoms with Gasteiger partial charge in [0.05, 0.1) is 0 Å². The van der Waals surface area contributed by atoms with Crippen molar-refractivity contribution in [2.24, 2.45) is 5.41 Å². The van der Waals surface area contributed by atoms with Gasteiger partial charge in [0, 0.05) is 31.4 Å². The molecule has 0 saturated carbocycles. The van der Waals surface area contributed by atoms with Crippen LogP contribution in [-0.4, -0.2) is 53.8 Å². The Bertz CT molecular complexity index is 364. The molecule has 0 aromatic rings. The Kier molecular flexibility index (Phi) is 5.47. The molecule has 0 aromatic carbocycles. The van der Waals surface area contributed by atoms with E-state index in [1.54, 1.807) is 0 Å². The number of nitrogens with zero attached hydrogens (tertiary/aromatic N) is 1. The molecule has 5 heteroatoms. The molecule has 0 aromatic heterocycles. The Morgan fingerprint density at radius 1 is 1.48 bits per heavy atom. The smallest absolute Gasteiger partial charge is 0.410 e. The first-order valence-electron chi connectivity index (χ1n) is 8.07. The predicted molar refractivity (Wildman–Crippen MR) is 88.9 cm³/mol. The minimum absolute atomic E-state index is 0.162. The molecule has 2 saturated heterocycles. The summed E-state index contributed by atoms with van der Waals surface area (Å²) in [6, 6.07) is 0.656. The van der Waals surface area contributed by atoms with E-state index < -0.39 is 5.60 Å². The summed E-state index contributed by atoms with van der Waals surface area (Å²) in [6.07, 6.45) is 3.36. The van der Waals surface area contributed by atoms with E-state index in [-0.39, 0.29) is 11.5 Å². The third-order valence-corrected chi connectivity index (χ3v) is 5.34. The summed E-state index contributed by atoms with van der Waals surface area (Å²) < 4.78 is 5.51. The zero-order valence-electron chi connectivity index (χ0n) is 13.9. The van der Waals surface area contributed by atoms with Crippen LogP contribution in [0.4, 0.5) is 4.79 Å². The molecule has 1 N–H and O–H groups in total. The molecule has 2 rings (SSSR count). The van der Waals surface area contributed by atoms with Crippen LogP contribution in [0, 0.1) is 5.41 Å². The molecule has 0 aliphatic carbocycles. The third kappa shape index (κ3) is 5.37. The van der Waals surface area contributed by atoms with Crippen LogP contribution >= 0.6 is 11.8 Å². The number of carbonyl (C=O) groups is 1. The SMILES string of the molecule is CC1(CNC2CCSC2)CCCN(C(=O)OC(C)(C)C)C1. The number of nitrogens with one attached hydrogen (secondary N) is 1. The van der Waals surface area contributed by atoms with Crippen molar-refractivity contribution in [3.05, 3.63) is 0 Å². The summed E-state index contributed by atoms with van der Waals surface area (Å²) in [5.41, 5.74) is -0.243. The monoisotopic (exact) mass is 314 g/mol. The number of ether oxygens (including phenoxy) is 1. The van der Waals surface area contributed by atoms with Gasteiger partial charge in [-0.15, -0.1) is 0 Å². The van der Waals surface area contributed by atoms with E-state index in [0.717, 1.165) is 26.1 Å². The van der Waals surface area contributed by atoms with Gasteiger partial charge in [-0.2, -0.15) is 11.8 Å². The Morgan fingerprint density at radius 3 is 2.86 bits per heavy atom. The maximum Gasteiger partial charge on any atom is 0.410 e. The van der Waals surface area contributed by atoms with Crippen LogP contribution in [0.15, 0.2) is 0 Å². The summed E-state index contributed by atoms with van der Waals surface area (Å²) in [7, 11) is 0. The van der Waals surface area contributed by atoms with Gasteiger partial charge in [0.25, 0.3) is 0 Å². The van der Waals surface area contributed by atoms with Crippen LogP contribution in [-0.2, 0) is 4.74 Å². The molecule has 2 aliphatic heterocycles. The number of piperidine rings is 1. The van der Waals surface area contributed by atoms with Gasteiger partial charge >= 0.3 is 6.09 Å². The second kappa shape index (κ2) is 6.78. The van der Waals surface area contributed by atoms with E-state index in [9.17, 15) is 4.79 Å². The fraction of sp³-hybridized carbons (Fsp3) is 0.938. The molecule has 21 heavy (non-hydrogen) atoms. The highest BCUT2D eigenvalue weighted by Gasteiger charge is 2.35. The van der Waals surface area contributed by atoms with Gasteiger partial charge in [0.15, 0.2) is 0 Å². The van der Waals surface area contributed by atoms with E-state index in [1.807, 2.05) is 37.4 Å². The number of amides is 1. The first kappa shape index (κ1) is 16.9. The largest absolute Gasteiger partial charge is 0.444 e. The second-order valence-electron chi connectivity index (χ2n) is 7.76. The van der Waals surface area contributed by atoms with E-state index in [4.69, 9.17) is 4.74 Å². The maximum absolute atomic E-state index is 12.2. The van der Waals surface area contributed by atoms with E-state index >= 15 is 0 Å². The summed E-state index contributed by atoms with van der Waals surface area (Å²) >= 11 is 2.03. The number of thioether (sulfide) groups is 1. The van der Waals surface area contributed by atoms with Gasteiger partial charge in [-0.05, 0) is 51.2 Å². The lowest BCUT2D eigenvalue weighted by atomic mass is 9.81. The van der Waals surface area contributed by atoms with Crippen molar-refractivity contribution in [3.63, 3.8) is 0 Å². The molecule has 0 spiro atoms. The summed E-state index contributed by atoms with van der Waals surface area (Å²) in [5, 5.41) is 3.70. The molecular weight excluding hydrogens is 284 g/mol. The highest BCUT2D eigenvalue weighted by Crippen LogP contribution is 2.30. The summed E-state index contributed by atoms with van der Waals surface area (Å²) in [4.78, 5) is 14.1. The van der Waals surface area contributed by atoms with Gasteiger partial charge in [0.1, 0.15) is 5.60 Å². The lowest BCUT2D eigenvalue weighted by Crippen LogP contribution is -2.51. The normalized spacial score (nSPS) is 30.5. The molecule has 2 fully saturated rings. The first-order valence-corrected chi connectivity index (χ1v) is 9.22. The van der Waals surface area contributed by atoms with Crippen molar-refractivity contribution in [1.82, 2.24) is 10.2 Å². The van der Waals surface area contributed by atoms with Crippen molar-refractivity contribution < 1.29 is 9.53 Å². The van der Waals surface area contributed by atoms with Gasteiger partial charge in [-0.3, -0.25) is 0 Å². The molecule has 2 atom stereocenters. The van der Waals surface area contributed by atoms with Crippen LogP contribution in [0.2, 0.25) is 0 Å². The van der Waals surface area contributed by atoms with Crippen LogP contribution < -0.4 is 5.32 Å². The number of likely N-dealkylation sites (tertiary alicyclic amines) is 1.